The standard InChI is InChI=1S/C15H14ClNO3/c1-2-19-14-13(7-4-8-17-14)15(18)20-10-11-5-3-6-12(16)9-11/h3-9H,2,10H2,1H3. The number of halogens is 1. The van der Waals surface area contributed by atoms with Gasteiger partial charge in [-0.2, -0.15) is 0 Å². The van der Waals surface area contributed by atoms with Crippen molar-refractivity contribution in [2.75, 3.05) is 6.61 Å². The van der Waals surface area contributed by atoms with Crippen molar-refractivity contribution in [3.05, 3.63) is 58.7 Å². The molecule has 0 fully saturated rings. The van der Waals surface area contributed by atoms with Crippen LogP contribution in [0.15, 0.2) is 42.6 Å². The van der Waals surface area contributed by atoms with Gasteiger partial charge in [0.1, 0.15) is 12.2 Å². The van der Waals surface area contributed by atoms with Gasteiger partial charge in [0.25, 0.3) is 0 Å². The second kappa shape index (κ2) is 6.91. The Hall–Kier alpha value is -2.07. The maximum absolute atomic E-state index is 12.0. The van der Waals surface area contributed by atoms with E-state index in [1.165, 1.54) is 0 Å². The third kappa shape index (κ3) is 3.71. The van der Waals surface area contributed by atoms with Crippen LogP contribution in [0.4, 0.5) is 0 Å². The largest absolute Gasteiger partial charge is 0.477 e. The van der Waals surface area contributed by atoms with Gasteiger partial charge in [-0.25, -0.2) is 9.78 Å². The van der Waals surface area contributed by atoms with E-state index in [-0.39, 0.29) is 12.5 Å². The Balaban J connectivity index is 2.05. The van der Waals surface area contributed by atoms with E-state index in [4.69, 9.17) is 21.1 Å². The number of hydrogen-bond acceptors (Lipinski definition) is 4. The Bertz CT molecular complexity index is 601. The van der Waals surface area contributed by atoms with E-state index < -0.39 is 5.97 Å². The van der Waals surface area contributed by atoms with E-state index in [1.807, 2.05) is 13.0 Å². The van der Waals surface area contributed by atoms with E-state index in [2.05, 4.69) is 4.98 Å². The van der Waals surface area contributed by atoms with Gasteiger partial charge in [-0.3, -0.25) is 0 Å². The van der Waals surface area contributed by atoms with Gasteiger partial charge < -0.3 is 9.47 Å². The molecule has 104 valence electrons. The molecule has 0 N–H and O–H groups in total. The molecule has 1 aromatic carbocycles. The minimum Gasteiger partial charge on any atom is -0.477 e. The lowest BCUT2D eigenvalue weighted by atomic mass is 10.2. The predicted octanol–water partition coefficient (Wildman–Crippen LogP) is 3.49. The van der Waals surface area contributed by atoms with Crippen molar-refractivity contribution >= 4 is 17.6 Å². The molecule has 4 nitrogen and oxygen atoms in total. The molecule has 0 spiro atoms. The fourth-order valence-corrected chi connectivity index (χ4v) is 1.86. The summed E-state index contributed by atoms with van der Waals surface area (Å²) in [5, 5.41) is 0.606. The normalized spacial score (nSPS) is 10.1. The summed E-state index contributed by atoms with van der Waals surface area (Å²) in [6.45, 7) is 2.42. The van der Waals surface area contributed by atoms with Crippen molar-refractivity contribution in [1.82, 2.24) is 4.98 Å². The highest BCUT2D eigenvalue weighted by molar-refractivity contribution is 6.30. The minimum absolute atomic E-state index is 0.153. The van der Waals surface area contributed by atoms with E-state index in [0.29, 0.717) is 17.2 Å². The topological polar surface area (TPSA) is 48.4 Å². The molecule has 1 aromatic heterocycles. The molecular formula is C15H14ClNO3. The lowest BCUT2D eigenvalue weighted by molar-refractivity contribution is 0.0467. The summed E-state index contributed by atoms with van der Waals surface area (Å²) < 4.78 is 10.5. The van der Waals surface area contributed by atoms with Gasteiger partial charge in [-0.1, -0.05) is 23.7 Å². The zero-order valence-corrected chi connectivity index (χ0v) is 11.8. The number of aromatic nitrogens is 1. The molecule has 2 aromatic rings. The van der Waals surface area contributed by atoms with Crippen LogP contribution in [0, 0.1) is 0 Å². The zero-order valence-electron chi connectivity index (χ0n) is 11.0. The molecule has 20 heavy (non-hydrogen) atoms. The van der Waals surface area contributed by atoms with Crippen LogP contribution < -0.4 is 4.74 Å². The van der Waals surface area contributed by atoms with Crippen molar-refractivity contribution in [3.63, 3.8) is 0 Å². The summed E-state index contributed by atoms with van der Waals surface area (Å²) in [5.74, 6) is -0.187. The Labute approximate surface area is 122 Å². The molecule has 0 unspecified atom stereocenters. The first-order valence-electron chi connectivity index (χ1n) is 6.20. The molecule has 0 aliphatic heterocycles. The number of esters is 1. The van der Waals surface area contributed by atoms with Gasteiger partial charge in [0.15, 0.2) is 0 Å². The zero-order chi connectivity index (χ0) is 14.4. The highest BCUT2D eigenvalue weighted by Gasteiger charge is 2.14. The maximum atomic E-state index is 12.0. The quantitative estimate of drug-likeness (QED) is 0.791. The van der Waals surface area contributed by atoms with Crippen molar-refractivity contribution in [2.45, 2.75) is 13.5 Å². The van der Waals surface area contributed by atoms with Crippen LogP contribution >= 0.6 is 11.6 Å². The summed E-state index contributed by atoms with van der Waals surface area (Å²) in [7, 11) is 0. The Morgan fingerprint density at radius 2 is 2.15 bits per heavy atom. The molecule has 2 rings (SSSR count). The van der Waals surface area contributed by atoms with Crippen molar-refractivity contribution in [3.8, 4) is 5.88 Å². The smallest absolute Gasteiger partial charge is 0.343 e. The molecule has 5 heteroatoms. The van der Waals surface area contributed by atoms with Gasteiger partial charge in [0, 0.05) is 11.2 Å². The molecule has 0 saturated heterocycles. The van der Waals surface area contributed by atoms with E-state index in [0.717, 1.165) is 5.56 Å². The predicted molar refractivity (Wildman–Crippen MR) is 76.0 cm³/mol. The first kappa shape index (κ1) is 14.3. The number of carbonyl (C=O) groups is 1. The number of carbonyl (C=O) groups excluding carboxylic acids is 1. The van der Waals surface area contributed by atoms with E-state index in [1.54, 1.807) is 36.5 Å². The average Bonchev–Trinajstić information content (AvgIpc) is 2.46. The number of ether oxygens (including phenoxy) is 2. The summed E-state index contributed by atoms with van der Waals surface area (Å²) >= 11 is 5.87. The highest BCUT2D eigenvalue weighted by Crippen LogP contribution is 2.17. The lowest BCUT2D eigenvalue weighted by Crippen LogP contribution is -2.09. The van der Waals surface area contributed by atoms with E-state index >= 15 is 0 Å². The fourth-order valence-electron chi connectivity index (χ4n) is 1.65. The van der Waals surface area contributed by atoms with E-state index in [9.17, 15) is 4.79 Å². The second-order valence-electron chi connectivity index (χ2n) is 4.00. The van der Waals surface area contributed by atoms with Crippen LogP contribution in [-0.4, -0.2) is 17.6 Å². The molecule has 0 amide bonds. The van der Waals surface area contributed by atoms with Crippen LogP contribution in [0.2, 0.25) is 5.02 Å². The molecule has 0 aliphatic rings. The van der Waals surface area contributed by atoms with Crippen LogP contribution in [0.5, 0.6) is 5.88 Å². The van der Waals surface area contributed by atoms with Crippen LogP contribution in [0.3, 0.4) is 0 Å². The SMILES string of the molecule is CCOc1ncccc1C(=O)OCc1cccc(Cl)c1. The molecule has 0 atom stereocenters. The van der Waals surface area contributed by atoms with Gasteiger partial charge in [0.2, 0.25) is 5.88 Å². The first-order valence-corrected chi connectivity index (χ1v) is 6.58. The fraction of sp³-hybridized carbons (Fsp3) is 0.200. The molecule has 0 radical (unpaired) electrons. The lowest BCUT2D eigenvalue weighted by Gasteiger charge is -2.09. The maximum Gasteiger partial charge on any atom is 0.343 e. The van der Waals surface area contributed by atoms with Crippen LogP contribution in [0.1, 0.15) is 22.8 Å². The van der Waals surface area contributed by atoms with Crippen molar-refractivity contribution < 1.29 is 14.3 Å². The number of rotatable bonds is 5. The number of nitrogens with zero attached hydrogens (tertiary/aromatic N) is 1. The number of pyridine rings is 1. The first-order chi connectivity index (χ1) is 9.70. The summed E-state index contributed by atoms with van der Waals surface area (Å²) in [6, 6.07) is 10.5. The summed E-state index contributed by atoms with van der Waals surface area (Å²) in [4.78, 5) is 16.0. The van der Waals surface area contributed by atoms with Gasteiger partial charge in [-0.15, -0.1) is 0 Å². The highest BCUT2D eigenvalue weighted by atomic mass is 35.5. The third-order valence-electron chi connectivity index (χ3n) is 2.53. The Kier molecular flexibility index (Phi) is 4.96. The van der Waals surface area contributed by atoms with Crippen LogP contribution in [0.25, 0.3) is 0 Å². The number of hydrogen-bond donors (Lipinski definition) is 0. The van der Waals surface area contributed by atoms with Crippen molar-refractivity contribution in [2.24, 2.45) is 0 Å². The van der Waals surface area contributed by atoms with Gasteiger partial charge in [0.05, 0.1) is 6.61 Å². The second-order valence-corrected chi connectivity index (χ2v) is 4.43. The molecular weight excluding hydrogens is 278 g/mol. The summed E-state index contributed by atoms with van der Waals surface area (Å²) in [6.07, 6.45) is 1.57. The van der Waals surface area contributed by atoms with Gasteiger partial charge >= 0.3 is 5.97 Å². The average molecular weight is 292 g/mol. The van der Waals surface area contributed by atoms with Gasteiger partial charge in [-0.05, 0) is 36.8 Å². The summed E-state index contributed by atoms with van der Waals surface area (Å²) in [5.41, 5.74) is 1.14. The molecule has 0 aliphatic carbocycles. The molecule has 0 saturated carbocycles. The minimum atomic E-state index is -0.471. The van der Waals surface area contributed by atoms with Crippen LogP contribution in [-0.2, 0) is 11.3 Å². The Morgan fingerprint density at radius 1 is 1.30 bits per heavy atom. The molecule has 1 heterocycles. The Morgan fingerprint density at radius 3 is 2.90 bits per heavy atom. The van der Waals surface area contributed by atoms with Crippen molar-refractivity contribution in [1.29, 1.82) is 0 Å². The third-order valence-corrected chi connectivity index (χ3v) is 2.77. The molecule has 0 bridgehead atoms. The number of benzene rings is 1. The monoisotopic (exact) mass is 291 g/mol.